The first-order valence-electron chi connectivity index (χ1n) is 2.83. The Morgan fingerprint density at radius 1 is 1.10 bits per heavy atom. The molecule has 0 spiro atoms. The third-order valence-corrected chi connectivity index (χ3v) is 1.34. The summed E-state index contributed by atoms with van der Waals surface area (Å²) in [5, 5.41) is 26.7. The SMILES string of the molecule is C[C+]1C(=[N-])[CH+]C(=[N-])[CH+]C1=[N-]. The lowest BCUT2D eigenvalue weighted by molar-refractivity contribution is 1.46. The summed E-state index contributed by atoms with van der Waals surface area (Å²) >= 11 is 0. The van der Waals surface area contributed by atoms with Crippen LogP contribution in [-0.4, -0.2) is 17.1 Å². The van der Waals surface area contributed by atoms with Crippen molar-refractivity contribution in [2.24, 2.45) is 0 Å². The molecule has 0 aromatic heterocycles. The van der Waals surface area contributed by atoms with Crippen molar-refractivity contribution in [1.29, 1.82) is 0 Å². The highest BCUT2D eigenvalue weighted by Crippen LogP contribution is 2.15. The Hall–Kier alpha value is -1.38. The minimum atomic E-state index is -0.138. The normalized spacial score (nSPS) is 18.5. The molecule has 3 heteroatoms. The van der Waals surface area contributed by atoms with Crippen LogP contribution in [-0.2, 0) is 0 Å². The lowest BCUT2D eigenvalue weighted by Gasteiger charge is -2.08. The Labute approximate surface area is 60.0 Å². The maximum atomic E-state index is 8.96. The average molecular weight is 131 g/mol. The van der Waals surface area contributed by atoms with Crippen molar-refractivity contribution in [2.75, 3.05) is 0 Å². The predicted octanol–water partition coefficient (Wildman–Crippen LogP) is 1.03. The standard InChI is InChI=1S/C7H5N3/c1-4-6(9)2-5(8)3-7(4)10/h2-3H,1H3. The zero-order chi connectivity index (χ0) is 7.72. The van der Waals surface area contributed by atoms with Crippen molar-refractivity contribution in [3.05, 3.63) is 35.0 Å². The molecule has 1 aliphatic rings. The fraction of sp³-hybridized carbons (Fsp3) is 0.143. The topological polar surface area (TPSA) is 66.9 Å². The van der Waals surface area contributed by atoms with E-state index in [2.05, 4.69) is 0 Å². The van der Waals surface area contributed by atoms with E-state index in [1.165, 1.54) is 12.8 Å². The van der Waals surface area contributed by atoms with Gasteiger partial charge in [-0.2, -0.15) is 0 Å². The molecule has 1 aliphatic carbocycles. The van der Waals surface area contributed by atoms with Crippen molar-refractivity contribution in [3.63, 3.8) is 0 Å². The van der Waals surface area contributed by atoms with Gasteiger partial charge < -0.3 is 16.2 Å². The molecule has 0 aliphatic heterocycles. The van der Waals surface area contributed by atoms with Crippen LogP contribution in [0.3, 0.4) is 0 Å². The van der Waals surface area contributed by atoms with Crippen LogP contribution in [0.2, 0.25) is 0 Å². The number of hydrogen-bond acceptors (Lipinski definition) is 0. The van der Waals surface area contributed by atoms with Crippen molar-refractivity contribution in [1.82, 2.24) is 0 Å². The van der Waals surface area contributed by atoms with Crippen LogP contribution in [0.1, 0.15) is 6.92 Å². The molecule has 1 fully saturated rings. The minimum Gasteiger partial charge on any atom is -0.720 e. The van der Waals surface area contributed by atoms with E-state index in [0.29, 0.717) is 5.92 Å². The Kier molecular flexibility index (Phi) is 1.41. The molecule has 0 radical (unpaired) electrons. The molecule has 10 heavy (non-hydrogen) atoms. The van der Waals surface area contributed by atoms with Gasteiger partial charge in [-0.1, -0.05) is 0 Å². The fourth-order valence-corrected chi connectivity index (χ4v) is 0.670. The lowest BCUT2D eigenvalue weighted by atomic mass is 9.86. The molecule has 1 rings (SSSR count). The van der Waals surface area contributed by atoms with Gasteiger partial charge in [-0.15, -0.1) is 0 Å². The van der Waals surface area contributed by atoms with E-state index < -0.39 is 0 Å². The van der Waals surface area contributed by atoms with Gasteiger partial charge in [0.25, 0.3) is 0 Å². The van der Waals surface area contributed by atoms with Crippen LogP contribution < -0.4 is 0 Å². The third-order valence-electron chi connectivity index (χ3n) is 1.34. The van der Waals surface area contributed by atoms with Gasteiger partial charge in [-0.25, -0.2) is 0 Å². The van der Waals surface area contributed by atoms with Crippen LogP contribution in [0.4, 0.5) is 0 Å². The molecule has 0 atom stereocenters. The van der Waals surface area contributed by atoms with E-state index in [-0.39, 0.29) is 17.1 Å². The fourth-order valence-electron chi connectivity index (χ4n) is 0.670. The molecule has 0 aromatic rings. The summed E-state index contributed by atoms with van der Waals surface area (Å²) in [7, 11) is 0. The van der Waals surface area contributed by atoms with Gasteiger partial charge in [0.2, 0.25) is 5.92 Å². The summed E-state index contributed by atoms with van der Waals surface area (Å²) in [6, 6.07) is 0. The van der Waals surface area contributed by atoms with Gasteiger partial charge in [-0.3, -0.25) is 0 Å². The quantitative estimate of drug-likeness (QED) is 0.441. The van der Waals surface area contributed by atoms with Crippen LogP contribution in [0, 0.1) is 18.8 Å². The molecule has 0 N–H and O–H groups in total. The third kappa shape index (κ3) is 0.978. The average Bonchev–Trinajstić information content (AvgIpc) is 1.82. The molecule has 0 aromatic carbocycles. The molecule has 3 nitrogen and oxygen atoms in total. The molecular weight excluding hydrogens is 126 g/mol. The first-order valence-corrected chi connectivity index (χ1v) is 2.83. The minimum absolute atomic E-state index is 0.0995. The lowest BCUT2D eigenvalue weighted by Crippen LogP contribution is -2.28. The zero-order valence-electron chi connectivity index (χ0n) is 5.50. The van der Waals surface area contributed by atoms with Gasteiger partial charge in [-0.05, 0) is 0 Å². The highest BCUT2D eigenvalue weighted by molar-refractivity contribution is 6.46. The van der Waals surface area contributed by atoms with Crippen molar-refractivity contribution < 1.29 is 0 Å². The molecule has 0 saturated heterocycles. The first-order chi connectivity index (χ1) is 4.61. The Morgan fingerprint density at radius 2 is 1.50 bits per heavy atom. The smallest absolute Gasteiger partial charge is 0.201 e. The van der Waals surface area contributed by atoms with Gasteiger partial charge in [0.1, 0.15) is 0 Å². The molecule has 1 saturated carbocycles. The van der Waals surface area contributed by atoms with E-state index in [9.17, 15) is 0 Å². The molecule has 0 amide bonds. The van der Waals surface area contributed by atoms with E-state index in [4.69, 9.17) is 16.2 Å². The van der Waals surface area contributed by atoms with Gasteiger partial charge in [0, 0.05) is 0 Å². The number of hydrogen-bond donors (Lipinski definition) is 0. The summed E-state index contributed by atoms with van der Waals surface area (Å²) in [6.07, 6.45) is 2.35. The maximum Gasteiger partial charge on any atom is 0.201 e. The first kappa shape index (κ1) is 6.74. The Morgan fingerprint density at radius 3 is 1.90 bits per heavy atom. The molecular formula is C7H5N3. The summed E-state index contributed by atoms with van der Waals surface area (Å²) < 4.78 is 0. The van der Waals surface area contributed by atoms with Crippen LogP contribution in [0.5, 0.6) is 0 Å². The van der Waals surface area contributed by atoms with E-state index in [1.807, 2.05) is 0 Å². The summed E-state index contributed by atoms with van der Waals surface area (Å²) in [5.74, 6) is 0.373. The van der Waals surface area contributed by atoms with Crippen LogP contribution in [0.25, 0.3) is 16.2 Å². The van der Waals surface area contributed by atoms with Crippen LogP contribution >= 0.6 is 0 Å². The number of nitrogens with zero attached hydrogens (tertiary/aromatic N) is 3. The Balaban J connectivity index is 2.76. The van der Waals surface area contributed by atoms with E-state index in [0.717, 1.165) is 0 Å². The highest BCUT2D eigenvalue weighted by atomic mass is 14.6. The predicted molar refractivity (Wildman–Crippen MR) is 42.6 cm³/mol. The number of rotatable bonds is 0. The second kappa shape index (κ2) is 2.10. The largest absolute Gasteiger partial charge is 0.720 e. The van der Waals surface area contributed by atoms with Crippen molar-refractivity contribution in [2.45, 2.75) is 6.92 Å². The monoisotopic (exact) mass is 131 g/mol. The maximum absolute atomic E-state index is 8.96. The van der Waals surface area contributed by atoms with Crippen LogP contribution in [0.15, 0.2) is 0 Å². The molecule has 0 heterocycles. The highest BCUT2D eigenvalue weighted by Gasteiger charge is 2.37. The van der Waals surface area contributed by atoms with Gasteiger partial charge in [0.05, 0.1) is 6.92 Å². The zero-order valence-corrected chi connectivity index (χ0v) is 5.50. The molecule has 0 bridgehead atoms. The van der Waals surface area contributed by atoms with Gasteiger partial charge >= 0.3 is 0 Å². The van der Waals surface area contributed by atoms with Gasteiger partial charge in [0.15, 0.2) is 30.0 Å². The van der Waals surface area contributed by atoms with E-state index in [1.54, 1.807) is 6.92 Å². The summed E-state index contributed by atoms with van der Waals surface area (Å²) in [6.45, 7) is 1.56. The second-order valence-electron chi connectivity index (χ2n) is 2.11. The second-order valence-corrected chi connectivity index (χ2v) is 2.11. The Bertz CT molecular complexity index is 185. The molecule has 48 valence electrons. The van der Waals surface area contributed by atoms with Crippen molar-refractivity contribution >= 4 is 17.1 Å². The summed E-state index contributed by atoms with van der Waals surface area (Å²) in [5.41, 5.74) is -0.337. The summed E-state index contributed by atoms with van der Waals surface area (Å²) in [4.78, 5) is 0. The van der Waals surface area contributed by atoms with Crippen molar-refractivity contribution in [3.8, 4) is 0 Å². The van der Waals surface area contributed by atoms with E-state index >= 15 is 0 Å². The molecule has 0 unspecified atom stereocenters.